The molecular weight excluding hydrogens is 705 g/mol. The first-order valence-corrected chi connectivity index (χ1v) is 20.0. The van der Waals surface area contributed by atoms with Gasteiger partial charge in [0.25, 0.3) is 6.71 Å². The van der Waals surface area contributed by atoms with Gasteiger partial charge in [-0.2, -0.15) is 0 Å². The van der Waals surface area contributed by atoms with Crippen molar-refractivity contribution in [1.29, 1.82) is 0 Å². The molecule has 12 rings (SSSR count). The molecule has 0 unspecified atom stereocenters. The van der Waals surface area contributed by atoms with Crippen LogP contribution in [0.5, 0.6) is 11.5 Å². The molecular formula is C53H36BN3O. The fourth-order valence-electron chi connectivity index (χ4n) is 9.58. The number of fused-ring (bicyclic) bond motifs is 9. The lowest BCUT2D eigenvalue weighted by molar-refractivity contribution is 0.487. The van der Waals surface area contributed by atoms with Gasteiger partial charge in [0.05, 0.1) is 16.7 Å². The molecule has 0 N–H and O–H groups in total. The van der Waals surface area contributed by atoms with Gasteiger partial charge < -0.3 is 19.1 Å². The molecule has 58 heavy (non-hydrogen) atoms. The first kappa shape index (κ1) is 32.7. The van der Waals surface area contributed by atoms with Crippen LogP contribution in [0.4, 0.5) is 34.1 Å². The lowest BCUT2D eigenvalue weighted by atomic mass is 9.33. The molecule has 0 aliphatic carbocycles. The van der Waals surface area contributed by atoms with E-state index < -0.39 is 0 Å². The van der Waals surface area contributed by atoms with E-state index in [0.717, 1.165) is 56.6 Å². The van der Waals surface area contributed by atoms with Gasteiger partial charge in [-0.25, -0.2) is 0 Å². The average Bonchev–Trinajstić information content (AvgIpc) is 3.62. The molecule has 0 spiro atoms. The Kier molecular flexibility index (Phi) is 7.20. The van der Waals surface area contributed by atoms with Gasteiger partial charge in [0.15, 0.2) is 0 Å². The Balaban J connectivity index is 1.10. The first-order chi connectivity index (χ1) is 28.7. The number of para-hydroxylation sites is 4. The van der Waals surface area contributed by atoms with E-state index in [-0.39, 0.29) is 6.71 Å². The Morgan fingerprint density at radius 2 is 1.16 bits per heavy atom. The molecule has 2 aliphatic heterocycles. The van der Waals surface area contributed by atoms with Crippen molar-refractivity contribution in [3.05, 3.63) is 206 Å². The molecule has 0 bridgehead atoms. The van der Waals surface area contributed by atoms with E-state index in [1.54, 1.807) is 0 Å². The fraction of sp³-hybridized carbons (Fsp3) is 0.0189. The highest BCUT2D eigenvalue weighted by Crippen LogP contribution is 2.46. The number of hydrogen-bond acceptors (Lipinski definition) is 3. The van der Waals surface area contributed by atoms with Crippen LogP contribution >= 0.6 is 0 Å². The van der Waals surface area contributed by atoms with E-state index in [2.05, 4.69) is 221 Å². The van der Waals surface area contributed by atoms with E-state index >= 15 is 0 Å². The largest absolute Gasteiger partial charge is 0.458 e. The summed E-state index contributed by atoms with van der Waals surface area (Å²) >= 11 is 0. The summed E-state index contributed by atoms with van der Waals surface area (Å²) < 4.78 is 9.50. The van der Waals surface area contributed by atoms with Gasteiger partial charge in [-0.15, -0.1) is 0 Å². The number of aryl methyl sites for hydroxylation is 1. The quantitative estimate of drug-likeness (QED) is 0.164. The van der Waals surface area contributed by atoms with Crippen LogP contribution in [0.3, 0.4) is 0 Å². The van der Waals surface area contributed by atoms with Crippen LogP contribution in [0.2, 0.25) is 0 Å². The minimum Gasteiger partial charge on any atom is -0.458 e. The molecule has 0 saturated carbocycles. The average molecular weight is 742 g/mol. The molecule has 272 valence electrons. The summed E-state index contributed by atoms with van der Waals surface area (Å²) in [6, 6.07) is 72.4. The minimum absolute atomic E-state index is 0.0260. The first-order valence-electron chi connectivity index (χ1n) is 20.0. The van der Waals surface area contributed by atoms with Crippen molar-refractivity contribution in [1.82, 2.24) is 4.57 Å². The van der Waals surface area contributed by atoms with Gasteiger partial charge in [0.1, 0.15) is 11.5 Å². The lowest BCUT2D eigenvalue weighted by Crippen LogP contribution is -2.59. The predicted octanol–water partition coefficient (Wildman–Crippen LogP) is 12.1. The second-order valence-electron chi connectivity index (χ2n) is 15.4. The van der Waals surface area contributed by atoms with Gasteiger partial charge >= 0.3 is 0 Å². The van der Waals surface area contributed by atoms with Crippen molar-refractivity contribution in [3.63, 3.8) is 0 Å². The van der Waals surface area contributed by atoms with Crippen molar-refractivity contribution < 1.29 is 4.74 Å². The molecule has 9 aromatic carbocycles. The number of rotatable bonds is 5. The van der Waals surface area contributed by atoms with Crippen molar-refractivity contribution in [2.45, 2.75) is 6.92 Å². The zero-order chi connectivity index (χ0) is 38.3. The van der Waals surface area contributed by atoms with Crippen LogP contribution in [0, 0.1) is 6.92 Å². The number of nitrogens with zero attached hydrogens (tertiary/aromatic N) is 3. The second-order valence-corrected chi connectivity index (χ2v) is 15.4. The maximum atomic E-state index is 7.09. The van der Waals surface area contributed by atoms with Gasteiger partial charge in [-0.3, -0.25) is 0 Å². The summed E-state index contributed by atoms with van der Waals surface area (Å²) in [7, 11) is 0. The minimum atomic E-state index is -0.0260. The van der Waals surface area contributed by atoms with Crippen molar-refractivity contribution in [2.75, 3.05) is 9.80 Å². The zero-order valence-corrected chi connectivity index (χ0v) is 31.9. The Morgan fingerprint density at radius 3 is 1.98 bits per heavy atom. The second kappa shape index (κ2) is 12.8. The van der Waals surface area contributed by atoms with Crippen LogP contribution < -0.4 is 30.9 Å². The molecule has 0 radical (unpaired) electrons. The molecule has 0 fully saturated rings. The van der Waals surface area contributed by atoms with Crippen molar-refractivity contribution in [3.8, 4) is 17.2 Å². The van der Waals surface area contributed by atoms with Gasteiger partial charge in [0.2, 0.25) is 0 Å². The third-order valence-electron chi connectivity index (χ3n) is 12.1. The van der Waals surface area contributed by atoms with Gasteiger partial charge in [-0.05, 0) is 107 Å². The highest BCUT2D eigenvalue weighted by molar-refractivity contribution is 7.00. The number of aromatic nitrogens is 1. The van der Waals surface area contributed by atoms with Gasteiger partial charge in [0, 0.05) is 51.0 Å². The molecule has 2 aliphatic rings. The van der Waals surface area contributed by atoms with E-state index in [9.17, 15) is 0 Å². The van der Waals surface area contributed by atoms with E-state index in [1.165, 1.54) is 49.2 Å². The van der Waals surface area contributed by atoms with Crippen LogP contribution in [-0.4, -0.2) is 11.3 Å². The van der Waals surface area contributed by atoms with E-state index in [0.29, 0.717) is 0 Å². The van der Waals surface area contributed by atoms with E-state index in [4.69, 9.17) is 4.74 Å². The summed E-state index contributed by atoms with van der Waals surface area (Å²) in [5.41, 5.74) is 15.0. The number of anilines is 6. The monoisotopic (exact) mass is 741 g/mol. The SMILES string of the molecule is Cc1ccc(N(c2ccc3c(c2)Oc2cccc4c2B3c2c(ccc3ccccc23)N4c2ccccc2)c2cccc3c4ccccc4n(-c4ccccc4)c23)cc1. The molecule has 10 aromatic rings. The third-order valence-corrected chi connectivity index (χ3v) is 12.1. The maximum absolute atomic E-state index is 7.09. The van der Waals surface area contributed by atoms with Gasteiger partial charge in [-0.1, -0.05) is 127 Å². The normalized spacial score (nSPS) is 12.6. The standard InChI is InChI=1S/C53H36BN3O/c1-35-26-29-39(30-27-35)55(48-24-12-21-43-42-20-10-11-22-45(42)57(53(43)48)38-17-6-3-7-18-38)40-31-32-44-50(34-40)58-49-25-13-23-46-52(49)54(44)51-41-19-9-8-14-36(41)28-33-47(51)56(46)37-15-4-2-5-16-37/h2-34H,1H3. The molecule has 1 aromatic heterocycles. The third kappa shape index (κ3) is 4.83. The van der Waals surface area contributed by atoms with E-state index in [1.807, 2.05) is 0 Å². The predicted molar refractivity (Wildman–Crippen MR) is 244 cm³/mol. The maximum Gasteiger partial charge on any atom is 0.257 e. The lowest BCUT2D eigenvalue weighted by Gasteiger charge is -2.40. The summed E-state index contributed by atoms with van der Waals surface area (Å²) in [5.74, 6) is 1.76. The van der Waals surface area contributed by atoms with Crippen LogP contribution in [0.1, 0.15) is 5.56 Å². The Hall–Kier alpha value is -7.50. The molecule has 0 saturated heterocycles. The highest BCUT2D eigenvalue weighted by atomic mass is 16.5. The van der Waals surface area contributed by atoms with Crippen molar-refractivity contribution in [2.24, 2.45) is 0 Å². The number of ether oxygens (including phenoxy) is 1. The molecule has 5 heteroatoms. The van der Waals surface area contributed by atoms with Crippen molar-refractivity contribution >= 4 is 89.8 Å². The Labute approximate surface area is 337 Å². The Morgan fingerprint density at radius 1 is 0.483 bits per heavy atom. The summed E-state index contributed by atoms with van der Waals surface area (Å²) in [5, 5.41) is 4.91. The summed E-state index contributed by atoms with van der Waals surface area (Å²) in [6.45, 7) is 2.12. The molecule has 3 heterocycles. The topological polar surface area (TPSA) is 20.6 Å². The van der Waals surface area contributed by atoms with Crippen LogP contribution in [0.15, 0.2) is 200 Å². The highest BCUT2D eigenvalue weighted by Gasteiger charge is 2.43. The smallest absolute Gasteiger partial charge is 0.257 e. The molecule has 0 atom stereocenters. The summed E-state index contributed by atoms with van der Waals surface area (Å²) in [4.78, 5) is 4.81. The van der Waals surface area contributed by atoms with Crippen LogP contribution in [0.25, 0.3) is 38.3 Å². The number of benzene rings is 9. The zero-order valence-electron chi connectivity index (χ0n) is 31.9. The summed E-state index contributed by atoms with van der Waals surface area (Å²) in [6.07, 6.45) is 0. The number of hydrogen-bond donors (Lipinski definition) is 0. The van der Waals surface area contributed by atoms with Crippen LogP contribution in [-0.2, 0) is 0 Å². The molecule has 0 amide bonds. The molecule has 4 nitrogen and oxygen atoms in total. The Bertz CT molecular complexity index is 3230. The fourth-order valence-corrected chi connectivity index (χ4v) is 9.58.